The molecule has 2 rings (SSSR count). The Morgan fingerprint density at radius 3 is 2.37 bits per heavy atom. The third-order valence-electron chi connectivity index (χ3n) is 4.71. The van der Waals surface area contributed by atoms with Gasteiger partial charge in [0, 0.05) is 39.1 Å². The van der Waals surface area contributed by atoms with E-state index in [0.717, 1.165) is 5.56 Å². The van der Waals surface area contributed by atoms with E-state index in [1.54, 1.807) is 24.3 Å². The summed E-state index contributed by atoms with van der Waals surface area (Å²) in [5, 5.41) is 11.7. The number of nitrogens with zero attached hydrogens (tertiary/aromatic N) is 1. The van der Waals surface area contributed by atoms with E-state index in [1.165, 1.54) is 11.4 Å². The highest BCUT2D eigenvalue weighted by atomic mass is 32.2. The molecular weight excluding hydrogens is 372 g/mol. The molecule has 9 heteroatoms. The first kappa shape index (κ1) is 21.3. The lowest BCUT2D eigenvalue weighted by molar-refractivity contribution is -0.143. The van der Waals surface area contributed by atoms with E-state index in [4.69, 9.17) is 4.74 Å². The molecule has 1 heterocycles. The van der Waals surface area contributed by atoms with Crippen molar-refractivity contribution in [3.8, 4) is 0 Å². The summed E-state index contributed by atoms with van der Waals surface area (Å²) in [5.41, 5.74) is 0.978. The number of benzene rings is 1. The molecule has 1 fully saturated rings. The van der Waals surface area contributed by atoms with E-state index in [-0.39, 0.29) is 36.9 Å². The van der Waals surface area contributed by atoms with Crippen molar-refractivity contribution in [3.63, 3.8) is 0 Å². The van der Waals surface area contributed by atoms with Gasteiger partial charge in [-0.25, -0.2) is 13.2 Å². The predicted octanol–water partition coefficient (Wildman–Crippen LogP) is 1.00. The van der Waals surface area contributed by atoms with Crippen LogP contribution in [0.3, 0.4) is 0 Å². The first-order valence-electron chi connectivity index (χ1n) is 8.84. The van der Waals surface area contributed by atoms with Crippen molar-refractivity contribution >= 4 is 21.9 Å². The fraction of sp³-hybridized carbons (Fsp3) is 0.556. The summed E-state index contributed by atoms with van der Waals surface area (Å²) in [5.74, 6) is -1.87. The van der Waals surface area contributed by atoms with Gasteiger partial charge >= 0.3 is 5.97 Å². The van der Waals surface area contributed by atoms with Crippen LogP contribution in [-0.4, -0.2) is 62.6 Å². The molecular formula is C18H26N2O6S. The molecule has 0 spiro atoms. The maximum Gasteiger partial charge on any atom is 0.326 e. The summed E-state index contributed by atoms with van der Waals surface area (Å²) < 4.78 is 31.6. The highest BCUT2D eigenvalue weighted by molar-refractivity contribution is 7.89. The number of sulfonamides is 1. The van der Waals surface area contributed by atoms with Crippen molar-refractivity contribution in [1.29, 1.82) is 0 Å². The zero-order chi connectivity index (χ0) is 20.0. The number of rotatable bonds is 8. The molecule has 0 radical (unpaired) electrons. The number of carbonyl (C=O) groups excluding carboxylic acids is 1. The van der Waals surface area contributed by atoms with Crippen LogP contribution in [0.4, 0.5) is 0 Å². The summed E-state index contributed by atoms with van der Waals surface area (Å²) in [6.07, 6.45) is 0.888. The second-order valence-electron chi connectivity index (χ2n) is 6.67. The minimum Gasteiger partial charge on any atom is -0.480 e. The maximum absolute atomic E-state index is 12.7. The van der Waals surface area contributed by atoms with Gasteiger partial charge in [0.1, 0.15) is 6.04 Å². The Bertz CT molecular complexity index is 755. The quantitative estimate of drug-likeness (QED) is 0.675. The summed E-state index contributed by atoms with van der Waals surface area (Å²) in [4.78, 5) is 23.8. The lowest BCUT2D eigenvalue weighted by atomic mass is 9.96. The number of carboxylic acids is 1. The highest BCUT2D eigenvalue weighted by Gasteiger charge is 2.33. The van der Waals surface area contributed by atoms with Gasteiger partial charge in [-0.3, -0.25) is 4.79 Å². The molecule has 1 aliphatic rings. The first-order chi connectivity index (χ1) is 12.8. The Morgan fingerprint density at radius 2 is 1.85 bits per heavy atom. The molecule has 1 saturated heterocycles. The van der Waals surface area contributed by atoms with Gasteiger partial charge in [0.2, 0.25) is 15.9 Å². The summed E-state index contributed by atoms with van der Waals surface area (Å²) in [6.45, 7) is 2.57. The van der Waals surface area contributed by atoms with Crippen molar-refractivity contribution in [1.82, 2.24) is 9.62 Å². The number of hydrogen-bond donors (Lipinski definition) is 2. The van der Waals surface area contributed by atoms with Gasteiger partial charge in [0.15, 0.2) is 0 Å². The van der Waals surface area contributed by atoms with Crippen LogP contribution in [0.15, 0.2) is 29.2 Å². The second kappa shape index (κ2) is 9.29. The number of ether oxygens (including phenoxy) is 1. The molecule has 1 aromatic carbocycles. The van der Waals surface area contributed by atoms with Gasteiger partial charge in [0.25, 0.3) is 0 Å². The molecule has 8 nitrogen and oxygen atoms in total. The van der Waals surface area contributed by atoms with E-state index < -0.39 is 28.0 Å². The topological polar surface area (TPSA) is 113 Å². The van der Waals surface area contributed by atoms with E-state index in [2.05, 4.69) is 5.32 Å². The van der Waals surface area contributed by atoms with Gasteiger partial charge in [-0.1, -0.05) is 17.7 Å². The van der Waals surface area contributed by atoms with Crippen molar-refractivity contribution in [2.45, 2.75) is 37.1 Å². The number of methoxy groups -OCH3 is 1. The lowest BCUT2D eigenvalue weighted by Gasteiger charge is -2.31. The third kappa shape index (κ3) is 5.50. The Morgan fingerprint density at radius 1 is 1.26 bits per heavy atom. The Hall–Kier alpha value is -1.97. The van der Waals surface area contributed by atoms with Crippen LogP contribution >= 0.6 is 0 Å². The molecule has 1 atom stereocenters. The number of aliphatic carboxylic acids is 1. The third-order valence-corrected chi connectivity index (χ3v) is 6.62. The minimum absolute atomic E-state index is 0.179. The number of aryl methyl sites for hydroxylation is 1. The molecule has 0 saturated carbocycles. The SMILES string of the molecule is COCCC(NC(=O)C1CCN(S(=O)(=O)c2ccc(C)cc2)CC1)C(=O)O. The van der Waals surface area contributed by atoms with Crippen LogP contribution in [0, 0.1) is 12.8 Å². The number of carbonyl (C=O) groups is 2. The van der Waals surface area contributed by atoms with Gasteiger partial charge in [-0.15, -0.1) is 0 Å². The molecule has 1 unspecified atom stereocenters. The Labute approximate surface area is 159 Å². The molecule has 150 valence electrons. The van der Waals surface area contributed by atoms with E-state index in [1.807, 2.05) is 6.92 Å². The molecule has 2 N–H and O–H groups in total. The smallest absolute Gasteiger partial charge is 0.326 e. The Balaban J connectivity index is 1.94. The monoisotopic (exact) mass is 398 g/mol. The fourth-order valence-corrected chi connectivity index (χ4v) is 4.47. The minimum atomic E-state index is -3.59. The predicted molar refractivity (Wildman–Crippen MR) is 98.7 cm³/mol. The summed E-state index contributed by atoms with van der Waals surface area (Å²) >= 11 is 0. The lowest BCUT2D eigenvalue weighted by Crippen LogP contribution is -2.47. The van der Waals surface area contributed by atoms with Gasteiger partial charge in [-0.2, -0.15) is 4.31 Å². The zero-order valence-electron chi connectivity index (χ0n) is 15.6. The molecule has 0 bridgehead atoms. The zero-order valence-corrected chi connectivity index (χ0v) is 16.4. The molecule has 1 amide bonds. The maximum atomic E-state index is 12.7. The van der Waals surface area contributed by atoms with Gasteiger partial charge in [-0.05, 0) is 31.9 Å². The number of piperidine rings is 1. The van der Waals surface area contributed by atoms with Crippen LogP contribution in [0.25, 0.3) is 0 Å². The molecule has 27 heavy (non-hydrogen) atoms. The Kier molecular flexibility index (Phi) is 7.34. The number of amides is 1. The van der Waals surface area contributed by atoms with Crippen molar-refractivity contribution in [2.24, 2.45) is 5.92 Å². The molecule has 1 aromatic rings. The standard InChI is InChI=1S/C18H26N2O6S/c1-13-3-5-15(6-4-13)27(24,25)20-10-7-14(8-11-20)17(21)19-16(18(22)23)9-12-26-2/h3-6,14,16H,7-12H2,1-2H3,(H,19,21)(H,22,23). The van der Waals surface area contributed by atoms with Crippen molar-refractivity contribution in [2.75, 3.05) is 26.8 Å². The number of carboxylic acid groups (broad SMARTS) is 1. The van der Waals surface area contributed by atoms with Crippen LogP contribution in [0.2, 0.25) is 0 Å². The number of nitrogens with one attached hydrogen (secondary N) is 1. The highest BCUT2D eigenvalue weighted by Crippen LogP contribution is 2.24. The second-order valence-corrected chi connectivity index (χ2v) is 8.61. The van der Waals surface area contributed by atoms with Crippen molar-refractivity contribution in [3.05, 3.63) is 29.8 Å². The average Bonchev–Trinajstić information content (AvgIpc) is 2.65. The largest absolute Gasteiger partial charge is 0.480 e. The summed E-state index contributed by atoms with van der Waals surface area (Å²) in [6, 6.07) is 5.65. The van der Waals surface area contributed by atoms with E-state index >= 15 is 0 Å². The fourth-order valence-electron chi connectivity index (χ4n) is 3.00. The molecule has 1 aliphatic heterocycles. The van der Waals surface area contributed by atoms with E-state index in [0.29, 0.717) is 12.8 Å². The van der Waals surface area contributed by atoms with E-state index in [9.17, 15) is 23.1 Å². The van der Waals surface area contributed by atoms with Crippen LogP contribution < -0.4 is 5.32 Å². The number of hydrogen-bond acceptors (Lipinski definition) is 5. The summed E-state index contributed by atoms with van der Waals surface area (Å²) in [7, 11) is -2.12. The molecule has 0 aromatic heterocycles. The van der Waals surface area contributed by atoms with Gasteiger partial charge in [0.05, 0.1) is 4.90 Å². The van der Waals surface area contributed by atoms with Crippen LogP contribution in [-0.2, 0) is 24.3 Å². The van der Waals surface area contributed by atoms with Crippen LogP contribution in [0.5, 0.6) is 0 Å². The van der Waals surface area contributed by atoms with Crippen LogP contribution in [0.1, 0.15) is 24.8 Å². The normalized spacial score (nSPS) is 17.4. The molecule has 0 aliphatic carbocycles. The van der Waals surface area contributed by atoms with Gasteiger partial charge < -0.3 is 15.2 Å². The average molecular weight is 398 g/mol. The first-order valence-corrected chi connectivity index (χ1v) is 10.3. The van der Waals surface area contributed by atoms with Crippen molar-refractivity contribution < 1.29 is 27.9 Å².